The molecule has 1 heterocycles. The van der Waals surface area contributed by atoms with Gasteiger partial charge in [-0.2, -0.15) is 0 Å². The molecule has 1 atom stereocenters. The Morgan fingerprint density at radius 2 is 1.69 bits per heavy atom. The maximum Gasteiger partial charge on any atom is 0.223 e. The molecule has 2 aromatic rings. The number of carbonyl (C=O) groups is 1. The first-order chi connectivity index (χ1) is 14.2. The number of amides is 1. The topological polar surface area (TPSA) is 42.0 Å². The summed E-state index contributed by atoms with van der Waals surface area (Å²) < 4.78 is 10.9. The third kappa shape index (κ3) is 4.40. The van der Waals surface area contributed by atoms with Crippen LogP contribution < -0.4 is 9.47 Å². The number of ether oxygens (including phenoxy) is 2. The van der Waals surface area contributed by atoms with E-state index >= 15 is 0 Å². The Bertz CT molecular complexity index is 845. The summed E-state index contributed by atoms with van der Waals surface area (Å²) in [5.74, 6) is 2.07. The van der Waals surface area contributed by atoms with E-state index in [1.165, 1.54) is 16.7 Å². The molecule has 0 saturated carbocycles. The highest BCUT2D eigenvalue weighted by molar-refractivity contribution is 5.77. The molecular weight excluding hydrogens is 364 g/mol. The van der Waals surface area contributed by atoms with E-state index in [0.29, 0.717) is 6.42 Å². The minimum absolute atomic E-state index is 0.275. The zero-order valence-corrected chi connectivity index (χ0v) is 17.4. The second-order valence-electron chi connectivity index (χ2n) is 7.99. The Hall–Kier alpha value is -2.53. The predicted octanol–water partition coefficient (Wildman–Crippen LogP) is 3.47. The molecule has 1 aliphatic carbocycles. The van der Waals surface area contributed by atoms with Crippen molar-refractivity contribution in [1.29, 1.82) is 0 Å². The van der Waals surface area contributed by atoms with Gasteiger partial charge in [0.2, 0.25) is 5.91 Å². The van der Waals surface area contributed by atoms with Gasteiger partial charge in [-0.1, -0.05) is 30.3 Å². The summed E-state index contributed by atoms with van der Waals surface area (Å²) in [6.07, 6.45) is 2.60. The SMILES string of the molecule is COc1cc2c(cc1OC)C(CC(=O)N1CCN(Cc3ccccc3)CC1)CC2. The number of fused-ring (bicyclic) bond motifs is 1. The van der Waals surface area contributed by atoms with Gasteiger partial charge in [-0.05, 0) is 47.6 Å². The summed E-state index contributed by atoms with van der Waals surface area (Å²) >= 11 is 0. The third-order valence-corrected chi connectivity index (χ3v) is 6.24. The summed E-state index contributed by atoms with van der Waals surface area (Å²) in [7, 11) is 3.33. The fourth-order valence-electron chi connectivity index (χ4n) is 4.57. The number of benzene rings is 2. The van der Waals surface area contributed by atoms with Gasteiger partial charge in [-0.25, -0.2) is 0 Å². The molecule has 1 aliphatic heterocycles. The quantitative estimate of drug-likeness (QED) is 0.752. The Labute approximate surface area is 173 Å². The minimum Gasteiger partial charge on any atom is -0.493 e. The van der Waals surface area contributed by atoms with Gasteiger partial charge in [0, 0.05) is 39.1 Å². The number of hydrogen-bond donors (Lipinski definition) is 0. The van der Waals surface area contributed by atoms with Crippen molar-refractivity contribution >= 4 is 5.91 Å². The molecule has 0 N–H and O–H groups in total. The van der Waals surface area contributed by atoms with E-state index in [1.54, 1.807) is 14.2 Å². The number of rotatable bonds is 6. The average Bonchev–Trinajstić information content (AvgIpc) is 3.15. The van der Waals surface area contributed by atoms with E-state index in [0.717, 1.165) is 57.1 Å². The van der Waals surface area contributed by atoms with Gasteiger partial charge in [-0.3, -0.25) is 9.69 Å². The first-order valence-corrected chi connectivity index (χ1v) is 10.5. The van der Waals surface area contributed by atoms with Gasteiger partial charge in [0.05, 0.1) is 14.2 Å². The molecule has 2 aromatic carbocycles. The molecule has 2 aliphatic rings. The van der Waals surface area contributed by atoms with E-state index in [4.69, 9.17) is 9.47 Å². The first-order valence-electron chi connectivity index (χ1n) is 10.5. The van der Waals surface area contributed by atoms with E-state index < -0.39 is 0 Å². The summed E-state index contributed by atoms with van der Waals surface area (Å²) in [4.78, 5) is 17.4. The molecule has 29 heavy (non-hydrogen) atoms. The molecule has 4 rings (SSSR count). The zero-order chi connectivity index (χ0) is 20.2. The monoisotopic (exact) mass is 394 g/mol. The molecule has 1 fully saturated rings. The normalized spacial score (nSPS) is 19.1. The Kier molecular flexibility index (Phi) is 6.05. The van der Waals surface area contributed by atoms with Crippen LogP contribution in [0.1, 0.15) is 35.4 Å². The van der Waals surface area contributed by atoms with Gasteiger partial charge in [0.15, 0.2) is 11.5 Å². The van der Waals surface area contributed by atoms with Crippen LogP contribution in [0.15, 0.2) is 42.5 Å². The number of piperazine rings is 1. The Balaban J connectivity index is 1.33. The maximum absolute atomic E-state index is 13.0. The van der Waals surface area contributed by atoms with Crippen LogP contribution in [0.5, 0.6) is 11.5 Å². The minimum atomic E-state index is 0.275. The number of carbonyl (C=O) groups excluding carboxylic acids is 1. The Morgan fingerprint density at radius 1 is 1.00 bits per heavy atom. The molecular formula is C24H30N2O3. The van der Waals surface area contributed by atoms with Gasteiger partial charge < -0.3 is 14.4 Å². The molecule has 0 radical (unpaired) electrons. The highest BCUT2D eigenvalue weighted by atomic mass is 16.5. The lowest BCUT2D eigenvalue weighted by molar-refractivity contribution is -0.133. The zero-order valence-electron chi connectivity index (χ0n) is 17.4. The number of methoxy groups -OCH3 is 2. The smallest absolute Gasteiger partial charge is 0.223 e. The first kappa shape index (κ1) is 19.8. The second kappa shape index (κ2) is 8.87. The van der Waals surface area contributed by atoms with Crippen LogP contribution in [0.4, 0.5) is 0 Å². The van der Waals surface area contributed by atoms with Crippen LogP contribution in [-0.4, -0.2) is 56.1 Å². The van der Waals surface area contributed by atoms with E-state index in [9.17, 15) is 4.79 Å². The van der Waals surface area contributed by atoms with Crippen LogP contribution in [0.25, 0.3) is 0 Å². The van der Waals surface area contributed by atoms with Gasteiger partial charge in [0.1, 0.15) is 0 Å². The van der Waals surface area contributed by atoms with E-state index in [-0.39, 0.29) is 11.8 Å². The lowest BCUT2D eigenvalue weighted by Gasteiger charge is -2.35. The van der Waals surface area contributed by atoms with E-state index in [1.807, 2.05) is 11.0 Å². The van der Waals surface area contributed by atoms with Crippen LogP contribution in [0.3, 0.4) is 0 Å². The molecule has 0 bridgehead atoms. The second-order valence-corrected chi connectivity index (χ2v) is 7.99. The van der Waals surface area contributed by atoms with Crippen molar-refractivity contribution in [1.82, 2.24) is 9.80 Å². The molecule has 1 unspecified atom stereocenters. The van der Waals surface area contributed by atoms with Crippen molar-refractivity contribution in [2.24, 2.45) is 0 Å². The predicted molar refractivity (Wildman–Crippen MR) is 114 cm³/mol. The van der Waals surface area contributed by atoms with Crippen LogP contribution >= 0.6 is 0 Å². The van der Waals surface area contributed by atoms with Crippen LogP contribution in [0, 0.1) is 0 Å². The van der Waals surface area contributed by atoms with Crippen molar-refractivity contribution < 1.29 is 14.3 Å². The highest BCUT2D eigenvalue weighted by Gasteiger charge is 2.29. The van der Waals surface area contributed by atoms with E-state index in [2.05, 4.69) is 41.3 Å². The molecule has 0 aromatic heterocycles. The van der Waals surface area contributed by atoms with Gasteiger partial charge >= 0.3 is 0 Å². The van der Waals surface area contributed by atoms with Crippen molar-refractivity contribution in [3.63, 3.8) is 0 Å². The van der Waals surface area contributed by atoms with Crippen LogP contribution in [0.2, 0.25) is 0 Å². The molecule has 154 valence electrons. The average molecular weight is 395 g/mol. The van der Waals surface area contributed by atoms with Gasteiger partial charge in [0.25, 0.3) is 0 Å². The number of aryl methyl sites for hydroxylation is 1. The standard InChI is InChI=1S/C24H30N2O3/c1-28-22-14-19-8-9-20(21(19)16-23(22)29-2)15-24(27)26-12-10-25(11-13-26)17-18-6-4-3-5-7-18/h3-7,14,16,20H,8-13,15,17H2,1-2H3. The van der Waals surface area contributed by atoms with Crippen molar-refractivity contribution in [3.05, 3.63) is 59.2 Å². The fraction of sp³-hybridized carbons (Fsp3) is 0.458. The fourth-order valence-corrected chi connectivity index (χ4v) is 4.57. The lowest BCUT2D eigenvalue weighted by atomic mass is 9.96. The molecule has 5 heteroatoms. The number of nitrogens with zero attached hydrogens (tertiary/aromatic N) is 2. The summed E-state index contributed by atoms with van der Waals surface area (Å²) in [6, 6.07) is 14.7. The summed E-state index contributed by atoms with van der Waals surface area (Å²) in [5.41, 5.74) is 3.87. The maximum atomic E-state index is 13.0. The van der Waals surface area contributed by atoms with Crippen molar-refractivity contribution in [2.45, 2.75) is 31.7 Å². The third-order valence-electron chi connectivity index (χ3n) is 6.24. The Morgan fingerprint density at radius 3 is 2.38 bits per heavy atom. The van der Waals surface area contributed by atoms with Crippen LogP contribution in [-0.2, 0) is 17.8 Å². The summed E-state index contributed by atoms with van der Waals surface area (Å²) in [5, 5.41) is 0. The number of hydrogen-bond acceptors (Lipinski definition) is 4. The largest absolute Gasteiger partial charge is 0.493 e. The molecule has 1 saturated heterocycles. The molecule has 1 amide bonds. The van der Waals surface area contributed by atoms with Crippen molar-refractivity contribution in [3.8, 4) is 11.5 Å². The highest BCUT2D eigenvalue weighted by Crippen LogP contribution is 2.42. The lowest BCUT2D eigenvalue weighted by Crippen LogP contribution is -2.48. The molecule has 0 spiro atoms. The van der Waals surface area contributed by atoms with Crippen molar-refractivity contribution in [2.75, 3.05) is 40.4 Å². The summed E-state index contributed by atoms with van der Waals surface area (Å²) in [6.45, 7) is 4.47. The molecule has 5 nitrogen and oxygen atoms in total. The van der Waals surface area contributed by atoms with Gasteiger partial charge in [-0.15, -0.1) is 0 Å².